The SMILES string of the molecule is COC(=O)c1cc(N)cc(Cl)c1N(C)C(C)C(C)C. The highest BCUT2D eigenvalue weighted by molar-refractivity contribution is 6.34. The van der Waals surface area contributed by atoms with Gasteiger partial charge in [-0.25, -0.2) is 4.79 Å². The molecule has 0 fully saturated rings. The highest BCUT2D eigenvalue weighted by Crippen LogP contribution is 2.34. The summed E-state index contributed by atoms with van der Waals surface area (Å²) in [7, 11) is 3.25. The van der Waals surface area contributed by atoms with Crippen LogP contribution in [0.25, 0.3) is 0 Å². The molecule has 2 N–H and O–H groups in total. The van der Waals surface area contributed by atoms with Crippen LogP contribution in [0.15, 0.2) is 12.1 Å². The Morgan fingerprint density at radius 2 is 1.95 bits per heavy atom. The van der Waals surface area contributed by atoms with Crippen LogP contribution in [0.4, 0.5) is 11.4 Å². The summed E-state index contributed by atoms with van der Waals surface area (Å²) in [6.45, 7) is 6.31. The van der Waals surface area contributed by atoms with Crippen LogP contribution in [0.3, 0.4) is 0 Å². The summed E-state index contributed by atoms with van der Waals surface area (Å²) >= 11 is 6.25. The number of rotatable bonds is 4. The van der Waals surface area contributed by atoms with E-state index in [1.807, 2.05) is 11.9 Å². The minimum atomic E-state index is -0.438. The van der Waals surface area contributed by atoms with Crippen LogP contribution >= 0.6 is 11.6 Å². The van der Waals surface area contributed by atoms with E-state index in [1.54, 1.807) is 12.1 Å². The Morgan fingerprint density at radius 3 is 2.42 bits per heavy atom. The number of anilines is 2. The second-order valence-corrected chi connectivity index (χ2v) is 5.39. The third kappa shape index (κ3) is 3.32. The molecule has 0 saturated carbocycles. The Labute approximate surface area is 119 Å². The number of benzene rings is 1. The second kappa shape index (κ2) is 6.15. The Kier molecular flexibility index (Phi) is 5.06. The fourth-order valence-electron chi connectivity index (χ4n) is 1.89. The Bertz CT molecular complexity index is 475. The van der Waals surface area contributed by atoms with Gasteiger partial charge < -0.3 is 15.4 Å². The Morgan fingerprint density at radius 1 is 1.37 bits per heavy atom. The van der Waals surface area contributed by atoms with Crippen molar-refractivity contribution < 1.29 is 9.53 Å². The minimum absolute atomic E-state index is 0.226. The first-order chi connectivity index (χ1) is 8.79. The highest BCUT2D eigenvalue weighted by Gasteiger charge is 2.23. The van der Waals surface area contributed by atoms with Gasteiger partial charge in [-0.3, -0.25) is 0 Å². The predicted molar refractivity (Wildman–Crippen MR) is 79.9 cm³/mol. The molecule has 106 valence electrons. The van der Waals surface area contributed by atoms with Gasteiger partial charge in [0, 0.05) is 18.8 Å². The Hall–Kier alpha value is -1.42. The lowest BCUT2D eigenvalue weighted by molar-refractivity contribution is 0.0601. The van der Waals surface area contributed by atoms with Gasteiger partial charge in [-0.15, -0.1) is 0 Å². The largest absolute Gasteiger partial charge is 0.465 e. The zero-order chi connectivity index (χ0) is 14.7. The smallest absolute Gasteiger partial charge is 0.340 e. The maximum Gasteiger partial charge on any atom is 0.340 e. The zero-order valence-electron chi connectivity index (χ0n) is 12.0. The summed E-state index contributed by atoms with van der Waals surface area (Å²) < 4.78 is 4.80. The fourth-order valence-corrected chi connectivity index (χ4v) is 2.26. The topological polar surface area (TPSA) is 55.6 Å². The third-order valence-corrected chi connectivity index (χ3v) is 3.71. The molecular weight excluding hydrogens is 264 g/mol. The van der Waals surface area contributed by atoms with Crippen molar-refractivity contribution in [3.8, 4) is 0 Å². The van der Waals surface area contributed by atoms with E-state index in [2.05, 4.69) is 20.8 Å². The molecule has 1 unspecified atom stereocenters. The van der Waals surface area contributed by atoms with Gasteiger partial charge in [-0.05, 0) is 25.0 Å². The van der Waals surface area contributed by atoms with E-state index in [9.17, 15) is 4.79 Å². The van der Waals surface area contributed by atoms with Crippen molar-refractivity contribution in [1.29, 1.82) is 0 Å². The molecule has 0 aliphatic carbocycles. The van der Waals surface area contributed by atoms with Crippen molar-refractivity contribution in [3.63, 3.8) is 0 Å². The molecule has 0 spiro atoms. The molecule has 0 aromatic heterocycles. The summed E-state index contributed by atoms with van der Waals surface area (Å²) in [4.78, 5) is 13.9. The van der Waals surface area contributed by atoms with Gasteiger partial charge in [-0.1, -0.05) is 25.4 Å². The maximum absolute atomic E-state index is 11.9. The molecule has 0 heterocycles. The summed E-state index contributed by atoms with van der Waals surface area (Å²) in [6.07, 6.45) is 0. The molecule has 0 amide bonds. The first-order valence-electron chi connectivity index (χ1n) is 6.19. The number of carbonyl (C=O) groups is 1. The van der Waals surface area contributed by atoms with Crippen molar-refractivity contribution in [2.24, 2.45) is 5.92 Å². The number of ether oxygens (including phenoxy) is 1. The van der Waals surface area contributed by atoms with Crippen molar-refractivity contribution >= 4 is 28.9 Å². The number of nitrogen functional groups attached to an aromatic ring is 1. The summed E-state index contributed by atoms with van der Waals surface area (Å²) in [5.74, 6) is -0.0175. The van der Waals surface area contributed by atoms with Crippen LogP contribution in [-0.4, -0.2) is 26.2 Å². The molecule has 0 radical (unpaired) electrons. The first kappa shape index (κ1) is 15.6. The van der Waals surface area contributed by atoms with Gasteiger partial charge in [0.05, 0.1) is 23.4 Å². The average Bonchev–Trinajstić information content (AvgIpc) is 2.35. The van der Waals surface area contributed by atoms with Crippen molar-refractivity contribution in [2.75, 3.05) is 24.8 Å². The van der Waals surface area contributed by atoms with E-state index in [-0.39, 0.29) is 6.04 Å². The van der Waals surface area contributed by atoms with Gasteiger partial charge >= 0.3 is 5.97 Å². The quantitative estimate of drug-likeness (QED) is 0.681. The summed E-state index contributed by atoms with van der Waals surface area (Å²) in [5, 5.41) is 0.454. The van der Waals surface area contributed by atoms with Gasteiger partial charge in [0.2, 0.25) is 0 Å². The molecular formula is C14H21ClN2O2. The number of methoxy groups -OCH3 is 1. The monoisotopic (exact) mass is 284 g/mol. The zero-order valence-corrected chi connectivity index (χ0v) is 12.8. The van der Waals surface area contributed by atoms with Crippen LogP contribution in [0.1, 0.15) is 31.1 Å². The number of hydrogen-bond acceptors (Lipinski definition) is 4. The van der Waals surface area contributed by atoms with Crippen LogP contribution in [0.5, 0.6) is 0 Å². The van der Waals surface area contributed by atoms with E-state index < -0.39 is 5.97 Å². The van der Waals surface area contributed by atoms with Gasteiger partial charge in [0.15, 0.2) is 0 Å². The molecule has 1 aromatic rings. The summed E-state index contributed by atoms with van der Waals surface area (Å²) in [6, 6.07) is 3.47. The highest BCUT2D eigenvalue weighted by atomic mass is 35.5. The second-order valence-electron chi connectivity index (χ2n) is 4.99. The van der Waals surface area contributed by atoms with Gasteiger partial charge in [0.25, 0.3) is 0 Å². The minimum Gasteiger partial charge on any atom is -0.465 e. The van der Waals surface area contributed by atoms with Gasteiger partial charge in [-0.2, -0.15) is 0 Å². The van der Waals surface area contributed by atoms with E-state index in [0.29, 0.717) is 27.9 Å². The van der Waals surface area contributed by atoms with Crippen molar-refractivity contribution in [2.45, 2.75) is 26.8 Å². The number of nitrogens with zero attached hydrogens (tertiary/aromatic N) is 1. The fraction of sp³-hybridized carbons (Fsp3) is 0.500. The standard InChI is InChI=1S/C14H21ClN2O2/c1-8(2)9(3)17(4)13-11(14(18)19-5)6-10(16)7-12(13)15/h6-9H,16H2,1-5H3. The summed E-state index contributed by atoms with van der Waals surface area (Å²) in [5.41, 5.74) is 7.24. The number of esters is 1. The molecule has 0 aliphatic rings. The normalized spacial score (nSPS) is 12.4. The lowest BCUT2D eigenvalue weighted by atomic mass is 10.0. The Balaban J connectivity index is 3.36. The molecule has 4 nitrogen and oxygen atoms in total. The van der Waals surface area contributed by atoms with Crippen LogP contribution in [0, 0.1) is 5.92 Å². The molecule has 0 aliphatic heterocycles. The number of nitrogens with two attached hydrogens (primary N) is 1. The lowest BCUT2D eigenvalue weighted by Gasteiger charge is -2.32. The maximum atomic E-state index is 11.9. The average molecular weight is 285 g/mol. The predicted octanol–water partition coefficient (Wildman–Crippen LogP) is 3.19. The van der Waals surface area contributed by atoms with E-state index >= 15 is 0 Å². The molecule has 1 atom stereocenters. The molecule has 1 aromatic carbocycles. The number of hydrogen-bond donors (Lipinski definition) is 1. The molecule has 5 heteroatoms. The molecule has 19 heavy (non-hydrogen) atoms. The van der Waals surface area contributed by atoms with E-state index in [4.69, 9.17) is 22.1 Å². The number of carbonyl (C=O) groups excluding carboxylic acids is 1. The molecule has 0 saturated heterocycles. The molecule has 1 rings (SSSR count). The lowest BCUT2D eigenvalue weighted by Crippen LogP contribution is -2.34. The molecule has 0 bridgehead atoms. The van der Waals surface area contributed by atoms with Crippen LogP contribution < -0.4 is 10.6 Å². The van der Waals surface area contributed by atoms with Gasteiger partial charge in [0.1, 0.15) is 0 Å². The number of halogens is 1. The van der Waals surface area contributed by atoms with E-state index in [1.165, 1.54) is 7.11 Å². The third-order valence-electron chi connectivity index (χ3n) is 3.42. The van der Waals surface area contributed by atoms with Crippen LogP contribution in [0.2, 0.25) is 5.02 Å². The van der Waals surface area contributed by atoms with Crippen molar-refractivity contribution in [1.82, 2.24) is 0 Å². The van der Waals surface area contributed by atoms with Crippen LogP contribution in [-0.2, 0) is 4.74 Å². The van der Waals surface area contributed by atoms with Crippen molar-refractivity contribution in [3.05, 3.63) is 22.7 Å². The van der Waals surface area contributed by atoms with E-state index in [0.717, 1.165) is 0 Å². The first-order valence-corrected chi connectivity index (χ1v) is 6.57.